The maximum Gasteiger partial charge on any atom is 0.227 e. The molecule has 2 fully saturated rings. The van der Waals surface area contributed by atoms with E-state index in [1.165, 1.54) is 6.42 Å². The predicted molar refractivity (Wildman–Crippen MR) is 363 cm³/mol. The van der Waals surface area contributed by atoms with Crippen molar-refractivity contribution in [2.45, 2.75) is 77.4 Å². The van der Waals surface area contributed by atoms with Crippen molar-refractivity contribution < 1.29 is 67.1 Å². The van der Waals surface area contributed by atoms with Crippen LogP contribution in [0.4, 0.5) is 35.0 Å². The van der Waals surface area contributed by atoms with E-state index in [1.54, 1.807) is 93.7 Å². The topological polar surface area (TPSA) is 347 Å². The Kier molecular flexibility index (Phi) is 24.5. The number of methoxy groups -OCH3 is 9. The van der Waals surface area contributed by atoms with Gasteiger partial charge in [-0.3, -0.25) is 0 Å². The Balaban J connectivity index is 0.000000145. The first-order valence-electron chi connectivity index (χ1n) is 30.6. The summed E-state index contributed by atoms with van der Waals surface area (Å²) in [5, 5.41) is 28.7. The molecule has 98 heavy (non-hydrogen) atoms. The van der Waals surface area contributed by atoms with Crippen LogP contribution in [0.2, 0.25) is 15.7 Å². The minimum Gasteiger partial charge on any atom is -0.493 e. The Morgan fingerprint density at radius 1 is 0.500 bits per heavy atom. The quantitative estimate of drug-likeness (QED) is 0.0326. The number of ether oxygens (including phenoxy) is 12. The van der Waals surface area contributed by atoms with Crippen molar-refractivity contribution in [3.05, 3.63) is 123 Å². The van der Waals surface area contributed by atoms with Crippen LogP contribution in [0.15, 0.2) is 74.0 Å². The molecule has 7 N–H and O–H groups in total. The number of aromatic nitrogens is 12. The van der Waals surface area contributed by atoms with Gasteiger partial charge in [0.15, 0.2) is 34.5 Å². The summed E-state index contributed by atoms with van der Waals surface area (Å²) < 4.78 is 70.0. The van der Waals surface area contributed by atoms with Crippen molar-refractivity contribution >= 4 is 69.8 Å². The van der Waals surface area contributed by atoms with E-state index < -0.39 is 0 Å². The Bertz CT molecular complexity index is 4100. The van der Waals surface area contributed by atoms with E-state index in [9.17, 15) is 5.11 Å². The number of nitrogen functional groups attached to an aromatic ring is 1. The van der Waals surface area contributed by atoms with Crippen molar-refractivity contribution in [1.29, 1.82) is 0 Å². The fraction of sp³-hybridized carbons (Fsp3) is 0.391. The summed E-state index contributed by atoms with van der Waals surface area (Å²) in [4.78, 5) is 40.6. The number of hydrogen-bond acceptors (Lipinski definition) is 28. The molecule has 34 heteroatoms. The highest BCUT2D eigenvalue weighted by Gasteiger charge is 2.30. The van der Waals surface area contributed by atoms with Crippen LogP contribution < -0.4 is 69.2 Å². The van der Waals surface area contributed by atoms with Crippen LogP contribution in [-0.4, -0.2) is 171 Å². The van der Waals surface area contributed by atoms with Crippen LogP contribution in [0.5, 0.6) is 51.7 Å². The zero-order valence-corrected chi connectivity index (χ0v) is 57.6. The highest BCUT2D eigenvalue weighted by Crippen LogP contribution is 2.43. The molecular weight excluding hydrogens is 1340 g/mol. The van der Waals surface area contributed by atoms with Gasteiger partial charge >= 0.3 is 0 Å². The summed E-state index contributed by atoms with van der Waals surface area (Å²) in [5.74, 6) is 8.50. The Labute approximate surface area is 579 Å². The lowest BCUT2D eigenvalue weighted by atomic mass is 10.2. The molecule has 31 nitrogen and oxygen atoms in total. The predicted octanol–water partition coefficient (Wildman–Crippen LogP) is 8.56. The number of aliphatic hydroxyl groups is 2. The zero-order valence-electron chi connectivity index (χ0n) is 55.3. The number of hydrogen-bond donors (Lipinski definition) is 6. The molecule has 0 radical (unpaired) electrons. The van der Waals surface area contributed by atoms with Crippen molar-refractivity contribution in [2.75, 3.05) is 112 Å². The molecule has 0 saturated carbocycles. The van der Waals surface area contributed by atoms with E-state index in [0.717, 1.165) is 83.2 Å². The Morgan fingerprint density at radius 3 is 1.34 bits per heavy atom. The van der Waals surface area contributed by atoms with Gasteiger partial charge < -0.3 is 107 Å². The van der Waals surface area contributed by atoms with Crippen molar-refractivity contribution in [2.24, 2.45) is 0 Å². The highest BCUT2D eigenvalue weighted by molar-refractivity contribution is 6.32. The summed E-state index contributed by atoms with van der Waals surface area (Å²) in [7, 11) is 14.2. The van der Waals surface area contributed by atoms with Gasteiger partial charge in [0, 0.05) is 65.7 Å². The van der Waals surface area contributed by atoms with E-state index in [0.29, 0.717) is 144 Å². The molecule has 3 aromatic carbocycles. The van der Waals surface area contributed by atoms with Crippen LogP contribution in [-0.2, 0) is 53.9 Å². The number of halogens is 3. The standard InChI is InChI=1S/C23H28N6O5.C18H18ClN5O4.C12H15N3O3.C6H4Cl2N2O.C5H11NO/c1-31-18-7-15(8-19(32-2)21(18)33-3)28-9-20(24-13-28)26-22-16-11-34-12-17(16)25-23(27-22)29-6-4-5-14(29)10-30;1-25-13-4-10(5-14(26-2)16(13)27-3)24-6-15(20-9-24)22-17-11-7-28-8-12(11)21-18(19)23-17;1-16-9-4-8(15-6-11(13)14-7-15)5-10(17-2)12(9)18-3;7-5-3-1-11-2-4(3)9-6(8)10-5;7-4-5-2-1-3-6-5/h7-9,13-14,30H,4-6,10-12H2,1-3H3,(H,25,26,27);4-6,9H,7-8H2,1-3H3,(H,21,22,23);4-7H,13H2,1-3H3;1-2H2;5-7H,1-4H2/t14-;;;;5-/m0...0/s1. The fourth-order valence-corrected chi connectivity index (χ4v) is 11.7. The van der Waals surface area contributed by atoms with Crippen molar-refractivity contribution in [3.63, 3.8) is 0 Å². The van der Waals surface area contributed by atoms with Crippen LogP contribution in [0.1, 0.15) is 59.5 Å². The summed E-state index contributed by atoms with van der Waals surface area (Å²) in [5.41, 5.74) is 13.1. The average molecular weight is 1410 g/mol. The van der Waals surface area contributed by atoms with Gasteiger partial charge in [0.05, 0.1) is 176 Å². The van der Waals surface area contributed by atoms with E-state index in [2.05, 4.69) is 55.7 Å². The van der Waals surface area contributed by atoms with E-state index >= 15 is 0 Å². The first kappa shape index (κ1) is 71.3. The SMILES string of the molecule is COc1cc(-n2cnc(N)c2)cc(OC)c1OC.COc1cc(-n2cnc(Nc3nc(Cl)nc4c3COC4)c2)cc(OC)c1OC.COc1cc(-n2cnc(Nc3nc(N4CCC[C@H]4CO)nc4c3COC4)c2)cc(OC)c1OC.Clc1nc(Cl)c2c(n1)COC2.OC[C@@H]1CCCN1. The van der Waals surface area contributed by atoms with Gasteiger partial charge in [-0.1, -0.05) is 11.6 Å². The molecule has 11 heterocycles. The molecule has 2 saturated heterocycles. The van der Waals surface area contributed by atoms with E-state index in [-0.39, 0.29) is 23.2 Å². The fourth-order valence-electron chi connectivity index (χ4n) is 11.0. The molecule has 0 unspecified atom stereocenters. The second-order valence-electron chi connectivity index (χ2n) is 21.8. The maximum absolute atomic E-state index is 9.74. The van der Waals surface area contributed by atoms with Gasteiger partial charge in [-0.25, -0.2) is 39.9 Å². The van der Waals surface area contributed by atoms with Gasteiger partial charge in [0.1, 0.15) is 53.2 Å². The summed E-state index contributed by atoms with van der Waals surface area (Å²) in [6.45, 7) is 5.01. The molecular formula is C64H76Cl3N17O14. The number of nitrogens with one attached hydrogen (secondary N) is 3. The molecule has 14 rings (SSSR count). The molecule has 6 aromatic heterocycles. The third-order valence-corrected chi connectivity index (χ3v) is 16.6. The maximum atomic E-state index is 9.74. The third-order valence-electron chi connectivity index (χ3n) is 15.9. The first-order chi connectivity index (χ1) is 47.7. The molecule has 0 amide bonds. The smallest absolute Gasteiger partial charge is 0.227 e. The summed E-state index contributed by atoms with van der Waals surface area (Å²) >= 11 is 17.3. The number of aliphatic hydroxyl groups excluding tert-OH is 2. The lowest BCUT2D eigenvalue weighted by Gasteiger charge is -2.24. The van der Waals surface area contributed by atoms with Crippen LogP contribution >= 0.6 is 34.8 Å². The molecule has 0 aliphatic carbocycles. The van der Waals surface area contributed by atoms with Gasteiger partial charge in [0.25, 0.3) is 0 Å². The number of imidazole rings is 3. The average Bonchev–Trinajstić information content (AvgIpc) is 1.58. The first-order valence-corrected chi connectivity index (χ1v) is 31.7. The summed E-state index contributed by atoms with van der Waals surface area (Å²) in [6.07, 6.45) is 14.7. The number of anilines is 6. The number of nitrogens with two attached hydrogens (primary N) is 1. The largest absolute Gasteiger partial charge is 0.493 e. The van der Waals surface area contributed by atoms with Gasteiger partial charge in [0.2, 0.25) is 33.8 Å². The minimum atomic E-state index is 0.0347. The second kappa shape index (κ2) is 33.7. The van der Waals surface area contributed by atoms with E-state index in [4.69, 9.17) is 112 Å². The lowest BCUT2D eigenvalue weighted by molar-refractivity contribution is 0.133. The Hall–Kier alpha value is -9.44. The third kappa shape index (κ3) is 16.7. The number of nitrogens with zero attached hydrogens (tertiary/aromatic N) is 13. The zero-order chi connectivity index (χ0) is 69.4. The van der Waals surface area contributed by atoms with Gasteiger partial charge in [-0.2, -0.15) is 4.98 Å². The Morgan fingerprint density at radius 2 is 0.929 bits per heavy atom. The molecule has 5 aliphatic rings. The molecule has 522 valence electrons. The second-order valence-corrected chi connectivity index (χ2v) is 22.9. The summed E-state index contributed by atoms with van der Waals surface area (Å²) in [6, 6.07) is 11.4. The van der Waals surface area contributed by atoms with E-state index in [1.807, 2.05) is 57.9 Å². The molecule has 5 aliphatic heterocycles. The van der Waals surface area contributed by atoms with Crippen molar-refractivity contribution in [1.82, 2.24) is 63.9 Å². The normalized spacial score (nSPS) is 15.3. The monoisotopic (exact) mass is 1410 g/mol. The number of benzene rings is 3. The molecule has 0 bridgehead atoms. The van der Waals surface area contributed by atoms with Gasteiger partial charge in [-0.05, 0) is 55.4 Å². The van der Waals surface area contributed by atoms with Crippen LogP contribution in [0.3, 0.4) is 0 Å². The lowest BCUT2D eigenvalue weighted by Crippen LogP contribution is -2.33. The number of rotatable bonds is 19. The van der Waals surface area contributed by atoms with Gasteiger partial charge in [-0.15, -0.1) is 0 Å². The highest BCUT2D eigenvalue weighted by atomic mass is 35.5. The van der Waals surface area contributed by atoms with Crippen LogP contribution in [0.25, 0.3) is 17.1 Å². The molecule has 9 aromatic rings. The molecule has 0 spiro atoms. The molecule has 2 atom stereocenters. The van der Waals surface area contributed by atoms with Crippen LogP contribution in [0, 0.1) is 0 Å². The number of fused-ring (bicyclic) bond motifs is 3. The van der Waals surface area contributed by atoms with Crippen molar-refractivity contribution in [3.8, 4) is 68.8 Å². The minimum absolute atomic E-state index is 0.0347.